The molecule has 1 fully saturated rings. The molecular formula is C24H28F2O. The lowest BCUT2D eigenvalue weighted by Gasteiger charge is -2.28. The van der Waals surface area contributed by atoms with Crippen LogP contribution in [0.2, 0.25) is 0 Å². The van der Waals surface area contributed by atoms with Crippen molar-refractivity contribution in [1.29, 1.82) is 0 Å². The number of hydrogen-bond donors (Lipinski definition) is 0. The molecule has 0 atom stereocenters. The fourth-order valence-corrected chi connectivity index (χ4v) is 3.92. The van der Waals surface area contributed by atoms with E-state index in [1.807, 2.05) is 19.1 Å². The van der Waals surface area contributed by atoms with Crippen molar-refractivity contribution in [2.24, 2.45) is 5.92 Å². The van der Waals surface area contributed by atoms with Gasteiger partial charge in [0.1, 0.15) is 5.75 Å². The first-order chi connectivity index (χ1) is 13.1. The van der Waals surface area contributed by atoms with Gasteiger partial charge in [-0.1, -0.05) is 37.6 Å². The van der Waals surface area contributed by atoms with Gasteiger partial charge in [-0.3, -0.25) is 0 Å². The number of hydrogen-bond acceptors (Lipinski definition) is 1. The highest BCUT2D eigenvalue weighted by atomic mass is 19.2. The normalized spacial score (nSPS) is 20.9. The summed E-state index contributed by atoms with van der Waals surface area (Å²) in [6, 6.07) is 13.7. The molecule has 2 aromatic rings. The molecule has 3 rings (SSSR count). The number of rotatable bonds is 6. The predicted octanol–water partition coefficient (Wildman–Crippen LogP) is 7.53. The van der Waals surface area contributed by atoms with E-state index in [2.05, 4.69) is 6.92 Å². The summed E-state index contributed by atoms with van der Waals surface area (Å²) in [5, 5.41) is 0. The molecule has 0 heterocycles. The molecule has 1 aliphatic rings. The Balaban J connectivity index is 1.72. The smallest absolute Gasteiger partial charge is 0.166 e. The topological polar surface area (TPSA) is 9.23 Å². The summed E-state index contributed by atoms with van der Waals surface area (Å²) >= 11 is 0. The SMILES string of the molecule is CCOc1ccc(/C(F)=C(\F)c2ccc(C3CCC(CC)CC3)cc2)cc1. The van der Waals surface area contributed by atoms with E-state index in [1.54, 1.807) is 36.4 Å². The van der Waals surface area contributed by atoms with Crippen LogP contribution < -0.4 is 4.74 Å². The highest BCUT2D eigenvalue weighted by molar-refractivity contribution is 5.83. The molecule has 144 valence electrons. The van der Waals surface area contributed by atoms with Crippen LogP contribution in [0.4, 0.5) is 8.78 Å². The lowest BCUT2D eigenvalue weighted by atomic mass is 9.78. The summed E-state index contributed by atoms with van der Waals surface area (Å²) in [5.41, 5.74) is 1.74. The van der Waals surface area contributed by atoms with Crippen LogP contribution in [0.5, 0.6) is 5.75 Å². The molecule has 0 aliphatic heterocycles. The van der Waals surface area contributed by atoms with E-state index < -0.39 is 11.7 Å². The maximum Gasteiger partial charge on any atom is 0.166 e. The molecule has 3 heteroatoms. The second-order valence-electron chi connectivity index (χ2n) is 7.33. The lowest BCUT2D eigenvalue weighted by molar-refractivity contribution is 0.319. The zero-order valence-corrected chi connectivity index (χ0v) is 16.2. The van der Waals surface area contributed by atoms with E-state index in [9.17, 15) is 8.78 Å². The summed E-state index contributed by atoms with van der Waals surface area (Å²) in [6.45, 7) is 4.68. The second kappa shape index (κ2) is 9.16. The summed E-state index contributed by atoms with van der Waals surface area (Å²) < 4.78 is 34.5. The van der Waals surface area contributed by atoms with Crippen molar-refractivity contribution in [3.8, 4) is 5.75 Å². The van der Waals surface area contributed by atoms with E-state index >= 15 is 0 Å². The van der Waals surface area contributed by atoms with Gasteiger partial charge in [0.05, 0.1) is 6.61 Å². The molecule has 1 saturated carbocycles. The maximum atomic E-state index is 14.6. The van der Waals surface area contributed by atoms with Crippen molar-refractivity contribution >= 4 is 11.7 Å². The van der Waals surface area contributed by atoms with Crippen LogP contribution in [0, 0.1) is 5.92 Å². The fourth-order valence-electron chi connectivity index (χ4n) is 3.92. The number of halogens is 2. The van der Waals surface area contributed by atoms with E-state index in [4.69, 9.17) is 4.74 Å². The zero-order chi connectivity index (χ0) is 19.2. The van der Waals surface area contributed by atoms with Crippen LogP contribution in [0.3, 0.4) is 0 Å². The molecular weight excluding hydrogens is 342 g/mol. The van der Waals surface area contributed by atoms with Gasteiger partial charge in [0.25, 0.3) is 0 Å². The van der Waals surface area contributed by atoms with Gasteiger partial charge in [0.2, 0.25) is 0 Å². The van der Waals surface area contributed by atoms with Gasteiger partial charge in [-0.25, -0.2) is 8.78 Å². The van der Waals surface area contributed by atoms with Crippen molar-refractivity contribution in [3.63, 3.8) is 0 Å². The monoisotopic (exact) mass is 370 g/mol. The van der Waals surface area contributed by atoms with Crippen molar-refractivity contribution in [3.05, 3.63) is 65.2 Å². The van der Waals surface area contributed by atoms with Gasteiger partial charge in [-0.2, -0.15) is 0 Å². The molecule has 0 N–H and O–H groups in total. The third-order valence-corrected chi connectivity index (χ3v) is 5.67. The van der Waals surface area contributed by atoms with Crippen molar-refractivity contribution in [2.45, 2.75) is 51.9 Å². The quantitative estimate of drug-likeness (QED) is 0.477. The average Bonchev–Trinajstić information content (AvgIpc) is 2.74. The van der Waals surface area contributed by atoms with Crippen LogP contribution in [0.25, 0.3) is 11.7 Å². The largest absolute Gasteiger partial charge is 0.494 e. The van der Waals surface area contributed by atoms with Crippen molar-refractivity contribution in [1.82, 2.24) is 0 Å². The first-order valence-corrected chi connectivity index (χ1v) is 10.0. The summed E-state index contributed by atoms with van der Waals surface area (Å²) in [4.78, 5) is 0. The molecule has 0 spiro atoms. The molecule has 27 heavy (non-hydrogen) atoms. The Morgan fingerprint density at radius 2 is 1.33 bits per heavy atom. The van der Waals surface area contributed by atoms with Gasteiger partial charge in [-0.05, 0) is 74.3 Å². The van der Waals surface area contributed by atoms with Gasteiger partial charge in [0, 0.05) is 11.1 Å². The molecule has 0 saturated heterocycles. The third-order valence-electron chi connectivity index (χ3n) is 5.67. The molecule has 0 aromatic heterocycles. The first kappa shape index (κ1) is 19.6. The Kier molecular flexibility index (Phi) is 6.65. The van der Waals surface area contributed by atoms with Gasteiger partial charge in [0.15, 0.2) is 11.7 Å². The minimum absolute atomic E-state index is 0.220. The predicted molar refractivity (Wildman–Crippen MR) is 108 cm³/mol. The highest BCUT2D eigenvalue weighted by Crippen LogP contribution is 2.37. The number of benzene rings is 2. The second-order valence-corrected chi connectivity index (χ2v) is 7.33. The standard InChI is InChI=1S/C24H28F2O/c1-3-17-5-7-18(8-6-17)19-9-11-20(12-10-19)23(25)24(26)21-13-15-22(16-14-21)27-4-2/h9-18H,3-8H2,1-2H3/b24-23+. The van der Waals surface area contributed by atoms with Crippen LogP contribution in [-0.2, 0) is 0 Å². The first-order valence-electron chi connectivity index (χ1n) is 10.0. The molecule has 0 unspecified atom stereocenters. The number of ether oxygens (including phenoxy) is 1. The van der Waals surface area contributed by atoms with Gasteiger partial charge in [-0.15, -0.1) is 0 Å². The minimum Gasteiger partial charge on any atom is -0.494 e. The molecule has 1 nitrogen and oxygen atoms in total. The van der Waals surface area contributed by atoms with Gasteiger partial charge < -0.3 is 4.74 Å². The van der Waals surface area contributed by atoms with Gasteiger partial charge >= 0.3 is 0 Å². The van der Waals surface area contributed by atoms with E-state index in [1.165, 1.54) is 37.7 Å². The summed E-state index contributed by atoms with van der Waals surface area (Å²) in [5.74, 6) is 0.389. The van der Waals surface area contributed by atoms with Crippen LogP contribution in [0.15, 0.2) is 48.5 Å². The zero-order valence-electron chi connectivity index (χ0n) is 16.2. The van der Waals surface area contributed by atoms with Crippen molar-refractivity contribution < 1.29 is 13.5 Å². The van der Waals surface area contributed by atoms with E-state index in [-0.39, 0.29) is 11.1 Å². The Morgan fingerprint density at radius 1 is 0.815 bits per heavy atom. The molecule has 1 aliphatic carbocycles. The highest BCUT2D eigenvalue weighted by Gasteiger charge is 2.21. The fraction of sp³-hybridized carbons (Fsp3) is 0.417. The molecule has 2 aromatic carbocycles. The van der Waals surface area contributed by atoms with Crippen LogP contribution in [-0.4, -0.2) is 6.61 Å². The molecule has 0 bridgehead atoms. The Labute approximate surface area is 161 Å². The van der Waals surface area contributed by atoms with Crippen LogP contribution >= 0.6 is 0 Å². The maximum absolute atomic E-state index is 14.6. The summed E-state index contributed by atoms with van der Waals surface area (Å²) in [6.07, 6.45) is 6.17. The van der Waals surface area contributed by atoms with E-state index in [0.717, 1.165) is 5.92 Å². The third kappa shape index (κ3) is 4.77. The Bertz CT molecular complexity index is 754. The van der Waals surface area contributed by atoms with E-state index in [0.29, 0.717) is 18.3 Å². The lowest BCUT2D eigenvalue weighted by Crippen LogP contribution is -2.12. The Hall–Kier alpha value is -2.16. The van der Waals surface area contributed by atoms with Crippen LogP contribution in [0.1, 0.15) is 68.6 Å². The van der Waals surface area contributed by atoms with Crippen molar-refractivity contribution in [2.75, 3.05) is 6.61 Å². The Morgan fingerprint density at radius 3 is 1.81 bits per heavy atom. The minimum atomic E-state index is -0.839. The molecule has 0 amide bonds. The molecule has 0 radical (unpaired) electrons. The summed E-state index contributed by atoms with van der Waals surface area (Å²) in [7, 11) is 0. The average molecular weight is 370 g/mol.